The number of nitrogens with zero attached hydrogens (tertiary/aromatic N) is 3. The summed E-state index contributed by atoms with van der Waals surface area (Å²) in [6.45, 7) is 9.87. The minimum atomic E-state index is -3.96. The van der Waals surface area contributed by atoms with Crippen molar-refractivity contribution in [3.8, 4) is 5.75 Å². The number of carbonyl (C=O) groups excluding carboxylic acids is 1. The first-order chi connectivity index (χ1) is 18.0. The Hall–Kier alpha value is -3.47. The van der Waals surface area contributed by atoms with Gasteiger partial charge >= 0.3 is 13.7 Å². The molecule has 0 saturated heterocycles. The van der Waals surface area contributed by atoms with Crippen molar-refractivity contribution >= 4 is 30.8 Å². The molecule has 204 valence electrons. The van der Waals surface area contributed by atoms with Crippen molar-refractivity contribution in [1.82, 2.24) is 24.6 Å². The van der Waals surface area contributed by atoms with Crippen LogP contribution in [0.5, 0.6) is 5.75 Å². The number of benzene rings is 1. The molecule has 4 rings (SSSR count). The van der Waals surface area contributed by atoms with E-state index in [2.05, 4.69) is 26.6 Å². The number of rotatable bonds is 11. The summed E-state index contributed by atoms with van der Waals surface area (Å²) < 4.78 is 32.3. The summed E-state index contributed by atoms with van der Waals surface area (Å²) >= 11 is 0. The number of esters is 1. The number of aromatic nitrogens is 4. The highest BCUT2D eigenvalue weighted by molar-refractivity contribution is 7.52. The van der Waals surface area contributed by atoms with Gasteiger partial charge in [0.15, 0.2) is 11.2 Å². The summed E-state index contributed by atoms with van der Waals surface area (Å²) in [6, 6.07) is 7.68. The maximum absolute atomic E-state index is 13.7. The number of nitrogen functional groups attached to an aromatic ring is 1. The van der Waals surface area contributed by atoms with E-state index < -0.39 is 25.3 Å². The third-order valence-corrected chi connectivity index (χ3v) is 7.94. The van der Waals surface area contributed by atoms with Crippen LogP contribution in [-0.2, 0) is 25.2 Å². The van der Waals surface area contributed by atoms with E-state index >= 15 is 0 Å². The number of H-pyrrole nitrogens is 1. The maximum Gasteiger partial charge on any atom is 0.459 e. The van der Waals surface area contributed by atoms with Crippen LogP contribution in [0.2, 0.25) is 0 Å². The minimum Gasteiger partial charge on any atom is -0.462 e. The highest BCUT2D eigenvalue weighted by Crippen LogP contribution is 2.47. The molecule has 1 aliphatic rings. The topological polar surface area (TPSA) is 163 Å². The van der Waals surface area contributed by atoms with E-state index in [1.165, 1.54) is 0 Å². The van der Waals surface area contributed by atoms with Gasteiger partial charge in [-0.15, -0.1) is 0 Å². The second-order valence-electron chi connectivity index (χ2n) is 9.60. The van der Waals surface area contributed by atoms with E-state index in [0.717, 1.165) is 18.4 Å². The van der Waals surface area contributed by atoms with Crippen molar-refractivity contribution in [3.05, 3.63) is 59.2 Å². The molecule has 0 amide bonds. The smallest absolute Gasteiger partial charge is 0.459 e. The number of hydrogen-bond acceptors (Lipinski definition) is 9. The Bertz CT molecular complexity index is 1400. The van der Waals surface area contributed by atoms with Gasteiger partial charge in [0.25, 0.3) is 5.56 Å². The predicted molar refractivity (Wildman–Crippen MR) is 142 cm³/mol. The number of anilines is 1. The van der Waals surface area contributed by atoms with Gasteiger partial charge < -0.3 is 19.6 Å². The second-order valence-corrected chi connectivity index (χ2v) is 11.3. The van der Waals surface area contributed by atoms with Gasteiger partial charge in [-0.3, -0.25) is 19.1 Å². The molecule has 4 atom stereocenters. The van der Waals surface area contributed by atoms with Crippen LogP contribution in [-0.4, -0.2) is 44.2 Å². The molecule has 0 spiro atoms. The number of nitrogens with two attached hydrogens (primary N) is 1. The summed E-state index contributed by atoms with van der Waals surface area (Å²) in [6.07, 6.45) is 2.80. The van der Waals surface area contributed by atoms with Gasteiger partial charge in [-0.2, -0.15) is 10.1 Å². The summed E-state index contributed by atoms with van der Waals surface area (Å²) in [5.74, 6) is -0.237. The molecule has 2 heterocycles. The first-order valence-electron chi connectivity index (χ1n) is 12.4. The molecule has 0 bridgehead atoms. The molecule has 13 heteroatoms. The van der Waals surface area contributed by atoms with Gasteiger partial charge in [-0.1, -0.05) is 30.4 Å². The zero-order valence-corrected chi connectivity index (χ0v) is 22.5. The van der Waals surface area contributed by atoms with E-state index in [1.807, 2.05) is 0 Å². The first-order valence-corrected chi connectivity index (χ1v) is 14.0. The van der Waals surface area contributed by atoms with Gasteiger partial charge in [0.1, 0.15) is 11.8 Å². The van der Waals surface area contributed by atoms with Crippen molar-refractivity contribution in [2.24, 2.45) is 11.8 Å². The summed E-state index contributed by atoms with van der Waals surface area (Å²) in [5, 5.41) is 2.71. The van der Waals surface area contributed by atoms with Crippen LogP contribution in [0.15, 0.2) is 53.6 Å². The van der Waals surface area contributed by atoms with Crippen molar-refractivity contribution < 1.29 is 23.1 Å². The third-order valence-electron chi connectivity index (χ3n) is 6.29. The van der Waals surface area contributed by atoms with Crippen molar-refractivity contribution in [3.63, 3.8) is 0 Å². The Morgan fingerprint density at radius 3 is 2.68 bits per heavy atom. The molecule has 1 fully saturated rings. The van der Waals surface area contributed by atoms with Crippen LogP contribution in [0.1, 0.15) is 33.6 Å². The molecule has 2 aromatic heterocycles. The van der Waals surface area contributed by atoms with Crippen molar-refractivity contribution in [1.29, 1.82) is 0 Å². The Labute approximate surface area is 220 Å². The molecule has 12 nitrogen and oxygen atoms in total. The molecule has 1 aromatic carbocycles. The minimum absolute atomic E-state index is 0.0222. The molecule has 4 N–H and O–H groups in total. The van der Waals surface area contributed by atoms with E-state index in [0.29, 0.717) is 17.9 Å². The number of carbonyl (C=O) groups is 1. The lowest BCUT2D eigenvalue weighted by molar-refractivity contribution is -0.149. The zero-order valence-electron chi connectivity index (χ0n) is 21.6. The van der Waals surface area contributed by atoms with Crippen LogP contribution in [0, 0.1) is 11.8 Å². The molecule has 3 unspecified atom stereocenters. The van der Waals surface area contributed by atoms with Gasteiger partial charge in [0.2, 0.25) is 5.95 Å². The largest absolute Gasteiger partial charge is 0.462 e. The van der Waals surface area contributed by atoms with Crippen LogP contribution >= 0.6 is 7.75 Å². The molecular formula is C25H33N6O6P. The Kier molecular flexibility index (Phi) is 8.35. The standard InChI is InChI=1S/C25H33N6O6P/c1-15(2)36-24(33)17(4)30-38(34,37-20-8-6-5-7-9-20)35-13-19-11-10-18(16(19)3)12-31-14-27-21-22(31)28-25(26)29-23(21)32/h5-9,14-15,17-19H,3,10-13H2,1-2,4H3,(H,30,34)(H3,26,28,29,32)/t17-,18?,19?,38?/m0/s1. The van der Waals surface area contributed by atoms with E-state index in [-0.39, 0.29) is 36.0 Å². The number of hydrogen-bond donors (Lipinski definition) is 3. The predicted octanol–water partition coefficient (Wildman–Crippen LogP) is 3.42. The number of para-hydroxylation sites is 1. The molecule has 1 aliphatic carbocycles. The molecule has 3 aromatic rings. The van der Waals surface area contributed by atoms with Crippen LogP contribution in [0.25, 0.3) is 11.2 Å². The summed E-state index contributed by atoms with van der Waals surface area (Å²) in [7, 11) is -3.96. The average molecular weight is 545 g/mol. The molecule has 1 saturated carbocycles. The second kappa shape index (κ2) is 11.5. The normalized spacial score (nSPS) is 19.9. The Morgan fingerprint density at radius 1 is 1.26 bits per heavy atom. The summed E-state index contributed by atoms with van der Waals surface area (Å²) in [4.78, 5) is 35.3. The molecule has 0 radical (unpaired) electrons. The van der Waals surface area contributed by atoms with Gasteiger partial charge in [0.05, 0.1) is 19.0 Å². The average Bonchev–Trinajstić information content (AvgIpc) is 3.41. The van der Waals surface area contributed by atoms with E-state index in [9.17, 15) is 14.2 Å². The SMILES string of the molecule is C=C1C(COP(=O)(N[C@@H](C)C(=O)OC(C)C)Oc2ccccc2)CCC1Cn1cnc2c(=O)[nH]c(N)nc21. The Balaban J connectivity index is 1.44. The molecule has 0 aliphatic heterocycles. The summed E-state index contributed by atoms with van der Waals surface area (Å²) in [5.41, 5.74) is 6.86. The first kappa shape index (κ1) is 27.6. The number of aromatic amines is 1. The fourth-order valence-electron chi connectivity index (χ4n) is 4.37. The lowest BCUT2D eigenvalue weighted by Gasteiger charge is -2.25. The molecule has 38 heavy (non-hydrogen) atoms. The highest BCUT2D eigenvalue weighted by atomic mass is 31.2. The maximum atomic E-state index is 13.7. The lowest BCUT2D eigenvalue weighted by Crippen LogP contribution is -2.36. The Morgan fingerprint density at radius 2 is 1.97 bits per heavy atom. The van der Waals surface area contributed by atoms with Crippen molar-refractivity contribution in [2.45, 2.75) is 52.3 Å². The van der Waals surface area contributed by atoms with Crippen molar-refractivity contribution in [2.75, 3.05) is 12.3 Å². The molecular weight excluding hydrogens is 511 g/mol. The van der Waals surface area contributed by atoms with Gasteiger partial charge in [-0.25, -0.2) is 9.55 Å². The fourth-order valence-corrected chi connectivity index (χ4v) is 5.90. The fraction of sp³-hybridized carbons (Fsp3) is 0.440. The lowest BCUT2D eigenvalue weighted by atomic mass is 9.99. The third kappa shape index (κ3) is 6.50. The monoisotopic (exact) mass is 544 g/mol. The van der Waals surface area contributed by atoms with Crippen LogP contribution < -0.4 is 20.9 Å². The van der Waals surface area contributed by atoms with E-state index in [4.69, 9.17) is 19.5 Å². The number of nitrogens with one attached hydrogen (secondary N) is 2. The number of ether oxygens (including phenoxy) is 1. The quantitative estimate of drug-likeness (QED) is 0.185. The highest BCUT2D eigenvalue weighted by Gasteiger charge is 2.36. The van der Waals surface area contributed by atoms with Crippen LogP contribution in [0.4, 0.5) is 5.95 Å². The van der Waals surface area contributed by atoms with Gasteiger partial charge in [0, 0.05) is 12.5 Å². The number of fused-ring (bicyclic) bond motifs is 1. The number of imidazole rings is 1. The zero-order chi connectivity index (χ0) is 27.4. The van der Waals surface area contributed by atoms with E-state index in [1.54, 1.807) is 62.0 Å². The van der Waals surface area contributed by atoms with Crippen LogP contribution in [0.3, 0.4) is 0 Å². The van der Waals surface area contributed by atoms with Gasteiger partial charge in [-0.05, 0) is 51.7 Å².